The maximum absolute atomic E-state index is 11.6. The molecule has 0 aromatic heterocycles. The Morgan fingerprint density at radius 3 is 2.43 bits per heavy atom. The third-order valence-electron chi connectivity index (χ3n) is 3.89. The number of ether oxygens (including phenoxy) is 2. The molecule has 2 N–H and O–H groups in total. The maximum atomic E-state index is 11.6. The molecule has 2 aromatic carbocycles. The summed E-state index contributed by atoms with van der Waals surface area (Å²) in [7, 11) is 1.48. The maximum Gasteiger partial charge on any atom is 0.329 e. The largest absolute Gasteiger partial charge is 0.545 e. The van der Waals surface area contributed by atoms with Gasteiger partial charge in [-0.2, -0.15) is 5.10 Å². The van der Waals surface area contributed by atoms with Gasteiger partial charge in [0.05, 0.1) is 19.3 Å². The number of hydrogen-bond acceptors (Lipinski definition) is 7. The summed E-state index contributed by atoms with van der Waals surface area (Å²) in [5.41, 5.74) is 3.64. The van der Waals surface area contributed by atoms with E-state index in [1.54, 1.807) is 30.3 Å². The van der Waals surface area contributed by atoms with Crippen LogP contribution < -0.4 is 25.3 Å². The quantitative estimate of drug-likeness (QED) is 0.353. The Balaban J connectivity index is 1.96. The van der Waals surface area contributed by atoms with Crippen LogP contribution in [0.2, 0.25) is 0 Å². The SMILES string of the molecule is CCCNC(=O)C(=O)N/N=C\c1ccc(OCc2ccc(C(=O)[O-])cc2)c(OC)c1. The summed E-state index contributed by atoms with van der Waals surface area (Å²) in [4.78, 5) is 33.8. The summed E-state index contributed by atoms with van der Waals surface area (Å²) in [6, 6.07) is 11.2. The Bertz CT molecular complexity index is 925. The smallest absolute Gasteiger partial charge is 0.329 e. The van der Waals surface area contributed by atoms with Crippen LogP contribution in [0.15, 0.2) is 47.6 Å². The average Bonchev–Trinajstić information content (AvgIpc) is 2.76. The van der Waals surface area contributed by atoms with Crippen LogP contribution in [0.4, 0.5) is 0 Å². The minimum Gasteiger partial charge on any atom is -0.545 e. The van der Waals surface area contributed by atoms with Crippen LogP contribution in [-0.2, 0) is 16.2 Å². The molecule has 0 radical (unpaired) electrons. The second-order valence-electron chi connectivity index (χ2n) is 6.14. The fraction of sp³-hybridized carbons (Fsp3) is 0.238. The molecule has 0 saturated heterocycles. The molecule has 2 amide bonds. The summed E-state index contributed by atoms with van der Waals surface area (Å²) < 4.78 is 11.0. The number of benzene rings is 2. The third kappa shape index (κ3) is 6.62. The second-order valence-corrected chi connectivity index (χ2v) is 6.14. The Hall–Kier alpha value is -3.88. The van der Waals surface area contributed by atoms with E-state index in [1.807, 2.05) is 6.92 Å². The van der Waals surface area contributed by atoms with Gasteiger partial charge in [0.15, 0.2) is 11.5 Å². The number of nitrogens with one attached hydrogen (secondary N) is 2. The van der Waals surface area contributed by atoms with Crippen molar-refractivity contribution in [3.63, 3.8) is 0 Å². The second kappa shape index (κ2) is 11.2. The summed E-state index contributed by atoms with van der Waals surface area (Å²) >= 11 is 0. The van der Waals surface area contributed by atoms with Crippen molar-refractivity contribution < 1.29 is 29.0 Å². The van der Waals surface area contributed by atoms with E-state index in [0.29, 0.717) is 23.6 Å². The number of carbonyl (C=O) groups excluding carboxylic acids is 3. The standard InChI is InChI=1S/C21H23N3O6/c1-3-10-22-19(25)20(26)24-23-12-15-6-9-17(18(11-15)29-2)30-13-14-4-7-16(8-5-14)21(27)28/h4-9,11-12H,3,10,13H2,1-2H3,(H,22,25)(H,24,26)(H,27,28)/p-1/b23-12-. The lowest BCUT2D eigenvalue weighted by Gasteiger charge is -2.12. The van der Waals surface area contributed by atoms with Crippen molar-refractivity contribution in [2.75, 3.05) is 13.7 Å². The van der Waals surface area contributed by atoms with E-state index < -0.39 is 17.8 Å². The molecule has 158 valence electrons. The minimum atomic E-state index is -1.24. The van der Waals surface area contributed by atoms with Crippen LogP contribution in [-0.4, -0.2) is 37.7 Å². The van der Waals surface area contributed by atoms with E-state index >= 15 is 0 Å². The van der Waals surface area contributed by atoms with E-state index in [9.17, 15) is 19.5 Å². The van der Waals surface area contributed by atoms with Gasteiger partial charge < -0.3 is 24.7 Å². The number of hydrazone groups is 1. The number of amides is 2. The van der Waals surface area contributed by atoms with Crippen molar-refractivity contribution in [2.45, 2.75) is 20.0 Å². The molecule has 0 aliphatic rings. The Morgan fingerprint density at radius 1 is 1.07 bits per heavy atom. The van der Waals surface area contributed by atoms with E-state index in [2.05, 4.69) is 15.8 Å². The zero-order valence-corrected chi connectivity index (χ0v) is 16.6. The third-order valence-corrected chi connectivity index (χ3v) is 3.89. The van der Waals surface area contributed by atoms with Gasteiger partial charge in [-0.25, -0.2) is 5.43 Å². The van der Waals surface area contributed by atoms with Crippen molar-refractivity contribution in [1.29, 1.82) is 0 Å². The molecule has 0 aliphatic heterocycles. The average molecular weight is 412 g/mol. The van der Waals surface area contributed by atoms with Gasteiger partial charge in [-0.15, -0.1) is 0 Å². The van der Waals surface area contributed by atoms with Crippen LogP contribution in [0, 0.1) is 0 Å². The lowest BCUT2D eigenvalue weighted by atomic mass is 10.1. The summed E-state index contributed by atoms with van der Waals surface area (Å²) in [5, 5.41) is 17.0. The van der Waals surface area contributed by atoms with Crippen molar-refractivity contribution in [3.8, 4) is 11.5 Å². The van der Waals surface area contributed by atoms with Crippen LogP contribution in [0.3, 0.4) is 0 Å². The van der Waals surface area contributed by atoms with Crippen molar-refractivity contribution in [2.24, 2.45) is 5.10 Å². The number of rotatable bonds is 9. The Kier molecular flexibility index (Phi) is 8.37. The molecular weight excluding hydrogens is 390 g/mol. The first-order valence-corrected chi connectivity index (χ1v) is 9.17. The summed E-state index contributed by atoms with van der Waals surface area (Å²) in [6.45, 7) is 2.50. The summed E-state index contributed by atoms with van der Waals surface area (Å²) in [6.07, 6.45) is 2.09. The van der Waals surface area contributed by atoms with Gasteiger partial charge in [0.2, 0.25) is 0 Å². The number of methoxy groups -OCH3 is 1. The fourth-order valence-corrected chi connectivity index (χ4v) is 2.32. The van der Waals surface area contributed by atoms with E-state index in [4.69, 9.17) is 9.47 Å². The van der Waals surface area contributed by atoms with Gasteiger partial charge in [-0.1, -0.05) is 31.2 Å². The first-order chi connectivity index (χ1) is 14.4. The summed E-state index contributed by atoms with van der Waals surface area (Å²) in [5.74, 6) is -1.92. The van der Waals surface area contributed by atoms with Crippen LogP contribution in [0.5, 0.6) is 11.5 Å². The lowest BCUT2D eigenvalue weighted by molar-refractivity contribution is -0.255. The van der Waals surface area contributed by atoms with Gasteiger partial charge in [-0.05, 0) is 41.3 Å². The van der Waals surface area contributed by atoms with Gasteiger partial charge >= 0.3 is 11.8 Å². The number of aromatic carboxylic acids is 1. The van der Waals surface area contributed by atoms with Gasteiger partial charge in [-0.3, -0.25) is 9.59 Å². The molecular formula is C21H22N3O6-. The predicted molar refractivity (Wildman–Crippen MR) is 107 cm³/mol. The number of hydrogen-bond donors (Lipinski definition) is 2. The topological polar surface area (TPSA) is 129 Å². The molecule has 0 aliphatic carbocycles. The Morgan fingerprint density at radius 2 is 1.80 bits per heavy atom. The molecule has 0 heterocycles. The molecule has 0 spiro atoms. The molecule has 0 bridgehead atoms. The normalized spacial score (nSPS) is 10.5. The predicted octanol–water partition coefficient (Wildman–Crippen LogP) is 0.614. The molecule has 0 unspecified atom stereocenters. The highest BCUT2D eigenvalue weighted by Gasteiger charge is 2.11. The first-order valence-electron chi connectivity index (χ1n) is 9.17. The molecule has 9 nitrogen and oxygen atoms in total. The number of carboxylic acids is 1. The van der Waals surface area contributed by atoms with Gasteiger partial charge in [0, 0.05) is 6.54 Å². The van der Waals surface area contributed by atoms with Crippen LogP contribution >= 0.6 is 0 Å². The fourth-order valence-electron chi connectivity index (χ4n) is 2.32. The molecule has 0 atom stereocenters. The van der Waals surface area contributed by atoms with E-state index in [0.717, 1.165) is 12.0 Å². The number of carbonyl (C=O) groups is 3. The molecule has 2 rings (SSSR count). The monoisotopic (exact) mass is 412 g/mol. The molecule has 30 heavy (non-hydrogen) atoms. The zero-order valence-electron chi connectivity index (χ0n) is 16.6. The first kappa shape index (κ1) is 22.4. The number of nitrogens with zero attached hydrogens (tertiary/aromatic N) is 1. The van der Waals surface area contributed by atoms with Crippen molar-refractivity contribution in [1.82, 2.24) is 10.7 Å². The van der Waals surface area contributed by atoms with Gasteiger partial charge in [0.25, 0.3) is 0 Å². The van der Waals surface area contributed by atoms with E-state index in [-0.39, 0.29) is 12.2 Å². The highest BCUT2D eigenvalue weighted by Crippen LogP contribution is 2.28. The highest BCUT2D eigenvalue weighted by molar-refractivity contribution is 6.35. The van der Waals surface area contributed by atoms with Crippen LogP contribution in [0.25, 0.3) is 0 Å². The Labute approximate surface area is 173 Å². The van der Waals surface area contributed by atoms with Crippen molar-refractivity contribution in [3.05, 3.63) is 59.2 Å². The zero-order chi connectivity index (χ0) is 21.9. The minimum absolute atomic E-state index is 0.0925. The number of carboxylic acid groups (broad SMARTS) is 1. The molecule has 0 saturated carbocycles. The lowest BCUT2D eigenvalue weighted by Crippen LogP contribution is -2.38. The molecule has 0 fully saturated rings. The van der Waals surface area contributed by atoms with Crippen LogP contribution in [0.1, 0.15) is 34.8 Å². The van der Waals surface area contributed by atoms with Gasteiger partial charge in [0.1, 0.15) is 6.61 Å². The van der Waals surface area contributed by atoms with E-state index in [1.165, 1.54) is 25.5 Å². The molecule has 9 heteroatoms. The molecule has 2 aromatic rings. The van der Waals surface area contributed by atoms with Crippen molar-refractivity contribution >= 4 is 24.0 Å². The highest BCUT2D eigenvalue weighted by atomic mass is 16.5.